The van der Waals surface area contributed by atoms with Gasteiger partial charge in [0.25, 0.3) is 5.78 Å². The average molecular weight is 204 g/mol. The molecule has 0 aromatic heterocycles. The van der Waals surface area contributed by atoms with E-state index in [4.69, 9.17) is 5.11 Å². The number of ketones is 1. The minimum atomic E-state index is -5.25. The summed E-state index contributed by atoms with van der Waals surface area (Å²) in [6.45, 7) is 0.169. The van der Waals surface area contributed by atoms with E-state index in [9.17, 15) is 26.7 Å². The van der Waals surface area contributed by atoms with E-state index in [-0.39, 0.29) is 6.92 Å². The van der Waals surface area contributed by atoms with E-state index < -0.39 is 29.7 Å². The molecule has 0 spiro atoms. The zero-order chi connectivity index (χ0) is 10.9. The van der Waals surface area contributed by atoms with Crippen LogP contribution < -0.4 is 0 Å². The van der Waals surface area contributed by atoms with E-state index in [1.807, 2.05) is 0 Å². The first-order chi connectivity index (χ1) is 5.55. The number of hydrogen-bond acceptors (Lipinski definition) is 2. The molecule has 0 aromatic carbocycles. The molecule has 0 aliphatic heterocycles. The molecule has 0 amide bonds. The van der Waals surface area contributed by atoms with Gasteiger partial charge in [-0.3, -0.25) is 4.79 Å². The van der Waals surface area contributed by atoms with E-state index in [0.717, 1.165) is 0 Å². The molecule has 0 saturated carbocycles. The Morgan fingerprint density at radius 3 is 1.85 bits per heavy atom. The highest BCUT2D eigenvalue weighted by Crippen LogP contribution is 2.23. The van der Waals surface area contributed by atoms with Gasteiger partial charge in [-0.1, -0.05) is 0 Å². The van der Waals surface area contributed by atoms with Crippen LogP contribution in [-0.4, -0.2) is 23.0 Å². The van der Waals surface area contributed by atoms with Crippen molar-refractivity contribution in [1.82, 2.24) is 0 Å². The fraction of sp³-hybridized carbons (Fsp3) is 0.500. The fourth-order valence-corrected chi connectivity index (χ4v) is 0.333. The highest BCUT2D eigenvalue weighted by atomic mass is 19.4. The van der Waals surface area contributed by atoms with Crippen LogP contribution in [-0.2, 0) is 4.79 Å². The number of hydrogen-bond donors (Lipinski definition) is 1. The summed E-state index contributed by atoms with van der Waals surface area (Å²) >= 11 is 0. The van der Waals surface area contributed by atoms with Crippen molar-refractivity contribution >= 4 is 5.78 Å². The summed E-state index contributed by atoms with van der Waals surface area (Å²) in [5.74, 6) is -8.28. The summed E-state index contributed by atoms with van der Waals surface area (Å²) in [6.07, 6.45) is -5.79. The monoisotopic (exact) mass is 204 g/mol. The molecule has 0 bridgehead atoms. The van der Waals surface area contributed by atoms with Gasteiger partial charge in [-0.15, -0.1) is 0 Å². The Kier molecular flexibility index (Phi) is 3.02. The van der Waals surface area contributed by atoms with Gasteiger partial charge in [0.1, 0.15) is 0 Å². The van der Waals surface area contributed by atoms with Crippen LogP contribution in [0.1, 0.15) is 6.92 Å². The minimum absolute atomic E-state index is 0.169. The summed E-state index contributed by atoms with van der Waals surface area (Å²) < 4.78 is 58.4. The van der Waals surface area contributed by atoms with Crippen molar-refractivity contribution in [2.45, 2.75) is 19.0 Å². The third-order valence-electron chi connectivity index (χ3n) is 0.997. The van der Waals surface area contributed by atoms with Gasteiger partial charge in [0, 0.05) is 13.0 Å². The van der Waals surface area contributed by atoms with Crippen molar-refractivity contribution in [1.29, 1.82) is 0 Å². The number of rotatable bonds is 2. The lowest BCUT2D eigenvalue weighted by molar-refractivity contribution is -0.165. The highest BCUT2D eigenvalue weighted by molar-refractivity contribution is 5.94. The standard InChI is InChI=1S/C6H5F5O2/c1-5(7,8)3(12)2-4(13)6(9,10)11/h2,12H,1H3. The smallest absolute Gasteiger partial charge is 0.454 e. The molecule has 0 fully saturated rings. The van der Waals surface area contributed by atoms with E-state index in [1.54, 1.807) is 0 Å². The van der Waals surface area contributed by atoms with Crippen molar-refractivity contribution in [2.24, 2.45) is 0 Å². The van der Waals surface area contributed by atoms with Crippen LogP contribution in [0.5, 0.6) is 0 Å². The maximum absolute atomic E-state index is 12.0. The number of allylic oxidation sites excluding steroid dienone is 2. The number of aliphatic hydroxyl groups is 1. The maximum atomic E-state index is 12.0. The molecule has 76 valence electrons. The van der Waals surface area contributed by atoms with Crippen LogP contribution in [0.3, 0.4) is 0 Å². The summed E-state index contributed by atoms with van der Waals surface area (Å²) in [4.78, 5) is 10.0. The van der Waals surface area contributed by atoms with Gasteiger partial charge in [-0.05, 0) is 0 Å². The topological polar surface area (TPSA) is 37.3 Å². The molecule has 0 atom stereocenters. The van der Waals surface area contributed by atoms with Crippen LogP contribution in [0.25, 0.3) is 0 Å². The number of carbonyl (C=O) groups excluding carboxylic acids is 1. The summed E-state index contributed by atoms with van der Waals surface area (Å²) in [5.41, 5.74) is 0. The predicted molar refractivity (Wildman–Crippen MR) is 32.4 cm³/mol. The Bertz CT molecular complexity index is 234. The average Bonchev–Trinajstić information content (AvgIpc) is 1.82. The van der Waals surface area contributed by atoms with E-state index in [2.05, 4.69) is 0 Å². The number of alkyl halides is 5. The Labute approximate surface area is 69.7 Å². The van der Waals surface area contributed by atoms with Crippen LogP contribution in [0.15, 0.2) is 11.8 Å². The van der Waals surface area contributed by atoms with E-state index in [0.29, 0.717) is 0 Å². The fourth-order valence-electron chi connectivity index (χ4n) is 0.333. The van der Waals surface area contributed by atoms with Gasteiger partial charge in [-0.2, -0.15) is 22.0 Å². The number of aliphatic hydroxyl groups excluding tert-OH is 1. The van der Waals surface area contributed by atoms with Gasteiger partial charge >= 0.3 is 12.1 Å². The zero-order valence-corrected chi connectivity index (χ0v) is 6.32. The molecule has 0 heterocycles. The molecule has 0 unspecified atom stereocenters. The van der Waals surface area contributed by atoms with E-state index in [1.165, 1.54) is 0 Å². The molecule has 0 aliphatic carbocycles. The lowest BCUT2D eigenvalue weighted by Gasteiger charge is -2.08. The molecule has 0 aliphatic rings. The molecule has 0 saturated heterocycles. The SMILES string of the molecule is CC(F)(F)C(O)=CC(=O)C(F)(F)F. The first-order valence-corrected chi connectivity index (χ1v) is 2.95. The number of carbonyl (C=O) groups is 1. The van der Waals surface area contributed by atoms with E-state index >= 15 is 0 Å². The Morgan fingerprint density at radius 1 is 1.23 bits per heavy atom. The van der Waals surface area contributed by atoms with Crippen LogP contribution in [0, 0.1) is 0 Å². The normalized spacial score (nSPS) is 14.5. The summed E-state index contributed by atoms with van der Waals surface area (Å²) in [6, 6.07) is 0. The van der Waals surface area contributed by atoms with Gasteiger partial charge < -0.3 is 5.11 Å². The molecule has 7 heteroatoms. The quantitative estimate of drug-likeness (QED) is 0.425. The Balaban J connectivity index is 4.70. The molecular formula is C6H5F5O2. The minimum Gasteiger partial charge on any atom is -0.506 e. The molecular weight excluding hydrogens is 199 g/mol. The Hall–Kier alpha value is -1.14. The molecule has 2 nitrogen and oxygen atoms in total. The lowest BCUT2D eigenvalue weighted by Crippen LogP contribution is -2.23. The van der Waals surface area contributed by atoms with Crippen molar-refractivity contribution in [3.8, 4) is 0 Å². The predicted octanol–water partition coefficient (Wildman–Crippen LogP) is 2.21. The molecule has 0 aromatic rings. The van der Waals surface area contributed by atoms with Crippen molar-refractivity contribution in [3.63, 3.8) is 0 Å². The van der Waals surface area contributed by atoms with Crippen LogP contribution in [0.2, 0.25) is 0 Å². The second kappa shape index (κ2) is 3.31. The van der Waals surface area contributed by atoms with Crippen molar-refractivity contribution < 1.29 is 31.9 Å². The molecule has 0 rings (SSSR count). The van der Waals surface area contributed by atoms with Crippen molar-refractivity contribution in [2.75, 3.05) is 0 Å². The van der Waals surface area contributed by atoms with Crippen LogP contribution in [0.4, 0.5) is 22.0 Å². The lowest BCUT2D eigenvalue weighted by atomic mass is 10.2. The molecule has 13 heavy (non-hydrogen) atoms. The second-order valence-electron chi connectivity index (χ2n) is 2.28. The molecule has 1 N–H and O–H groups in total. The van der Waals surface area contributed by atoms with Gasteiger partial charge in [-0.25, -0.2) is 0 Å². The summed E-state index contributed by atoms with van der Waals surface area (Å²) in [5, 5.41) is 8.31. The third kappa shape index (κ3) is 3.86. The second-order valence-corrected chi connectivity index (χ2v) is 2.28. The zero-order valence-electron chi connectivity index (χ0n) is 6.32. The van der Waals surface area contributed by atoms with Gasteiger partial charge in [0.2, 0.25) is 0 Å². The van der Waals surface area contributed by atoms with Crippen molar-refractivity contribution in [3.05, 3.63) is 11.8 Å². The first kappa shape index (κ1) is 11.9. The third-order valence-corrected chi connectivity index (χ3v) is 0.997. The maximum Gasteiger partial charge on any atom is 0.454 e. The van der Waals surface area contributed by atoms with Crippen LogP contribution >= 0.6 is 0 Å². The van der Waals surface area contributed by atoms with Gasteiger partial charge in [0.15, 0.2) is 5.76 Å². The first-order valence-electron chi connectivity index (χ1n) is 2.95. The molecule has 0 radical (unpaired) electrons. The largest absolute Gasteiger partial charge is 0.506 e. The van der Waals surface area contributed by atoms with Gasteiger partial charge in [0.05, 0.1) is 0 Å². The number of halogens is 5. The summed E-state index contributed by atoms with van der Waals surface area (Å²) in [7, 11) is 0. The highest BCUT2D eigenvalue weighted by Gasteiger charge is 2.39. The Morgan fingerprint density at radius 2 is 1.62 bits per heavy atom.